The Balaban J connectivity index is 4.15. The number of carbonyl (C=O) groups excluding carboxylic acids is 1. The molecule has 0 fully saturated rings. The van der Waals surface area contributed by atoms with Crippen LogP contribution in [-0.2, 0) is 4.79 Å². The topological polar surface area (TPSA) is 81.1 Å². The molecular weight excluding hydrogens is 142 g/mol. The van der Waals surface area contributed by atoms with Crippen molar-refractivity contribution in [2.75, 3.05) is 0 Å². The standard InChI is InChI=1S/C7H17N3O/c1-4(2)7(11)6(10-9)5(3)8/h4-6,10H,8-9H2,1-3H3. The molecule has 4 heteroatoms. The van der Waals surface area contributed by atoms with E-state index in [1.165, 1.54) is 0 Å². The van der Waals surface area contributed by atoms with Crippen LogP contribution >= 0.6 is 0 Å². The fourth-order valence-electron chi connectivity index (χ4n) is 0.852. The molecule has 0 aromatic rings. The zero-order valence-electron chi connectivity index (χ0n) is 7.29. The van der Waals surface area contributed by atoms with Crippen molar-refractivity contribution in [3.63, 3.8) is 0 Å². The quantitative estimate of drug-likeness (QED) is 0.377. The van der Waals surface area contributed by atoms with Crippen molar-refractivity contribution in [2.24, 2.45) is 17.5 Å². The van der Waals surface area contributed by atoms with Crippen molar-refractivity contribution in [2.45, 2.75) is 32.9 Å². The van der Waals surface area contributed by atoms with Crippen molar-refractivity contribution in [3.05, 3.63) is 0 Å². The van der Waals surface area contributed by atoms with E-state index in [0.29, 0.717) is 0 Å². The molecule has 2 atom stereocenters. The number of hydrazine groups is 1. The Bertz CT molecular complexity index is 134. The zero-order valence-corrected chi connectivity index (χ0v) is 7.29. The highest BCUT2D eigenvalue weighted by Gasteiger charge is 2.22. The largest absolute Gasteiger partial charge is 0.326 e. The Kier molecular flexibility index (Phi) is 4.25. The van der Waals surface area contributed by atoms with Crippen molar-refractivity contribution < 1.29 is 4.79 Å². The molecule has 0 saturated carbocycles. The van der Waals surface area contributed by atoms with Crippen LogP contribution in [0.25, 0.3) is 0 Å². The predicted octanol–water partition coefficient (Wildman–Crippen LogP) is -0.609. The molecule has 0 aliphatic heterocycles. The summed E-state index contributed by atoms with van der Waals surface area (Å²) >= 11 is 0. The second-order valence-electron chi connectivity index (χ2n) is 3.06. The number of Topliss-reactive ketones (excluding diaryl/α,β-unsaturated/α-hetero) is 1. The SMILES string of the molecule is CC(C)C(=O)C(NN)C(C)N. The Labute approximate surface area is 67.3 Å². The van der Waals surface area contributed by atoms with Gasteiger partial charge >= 0.3 is 0 Å². The van der Waals surface area contributed by atoms with Crippen molar-refractivity contribution in [1.29, 1.82) is 0 Å². The first-order chi connectivity index (χ1) is 5.00. The molecule has 0 spiro atoms. The van der Waals surface area contributed by atoms with E-state index in [1.54, 1.807) is 6.92 Å². The zero-order chi connectivity index (χ0) is 9.02. The van der Waals surface area contributed by atoms with Gasteiger partial charge in [0.15, 0.2) is 5.78 Å². The number of hydrogen-bond acceptors (Lipinski definition) is 4. The first kappa shape index (κ1) is 10.6. The van der Waals surface area contributed by atoms with Crippen LogP contribution < -0.4 is 17.0 Å². The first-order valence-corrected chi connectivity index (χ1v) is 3.76. The molecule has 0 amide bonds. The highest BCUT2D eigenvalue weighted by Crippen LogP contribution is 2.01. The van der Waals surface area contributed by atoms with E-state index in [-0.39, 0.29) is 17.7 Å². The molecule has 66 valence electrons. The maximum Gasteiger partial charge on any atom is 0.155 e. The average molecular weight is 159 g/mol. The first-order valence-electron chi connectivity index (χ1n) is 3.76. The third kappa shape index (κ3) is 2.96. The van der Waals surface area contributed by atoms with Gasteiger partial charge in [-0.1, -0.05) is 13.8 Å². The van der Waals surface area contributed by atoms with Crippen LogP contribution in [0.4, 0.5) is 0 Å². The van der Waals surface area contributed by atoms with Gasteiger partial charge in [-0.05, 0) is 6.92 Å². The number of rotatable bonds is 4. The smallest absolute Gasteiger partial charge is 0.155 e. The van der Waals surface area contributed by atoms with Crippen molar-refractivity contribution >= 4 is 5.78 Å². The summed E-state index contributed by atoms with van der Waals surface area (Å²) in [5.74, 6) is 5.19. The van der Waals surface area contributed by atoms with E-state index in [4.69, 9.17) is 11.6 Å². The maximum absolute atomic E-state index is 11.3. The van der Waals surface area contributed by atoms with Gasteiger partial charge in [-0.2, -0.15) is 0 Å². The number of nitrogens with one attached hydrogen (secondary N) is 1. The van der Waals surface area contributed by atoms with Crippen molar-refractivity contribution in [1.82, 2.24) is 5.43 Å². The lowest BCUT2D eigenvalue weighted by Crippen LogP contribution is -2.53. The molecule has 0 rings (SSSR count). The normalized spacial score (nSPS) is 16.5. The van der Waals surface area contributed by atoms with Gasteiger partial charge in [0.2, 0.25) is 0 Å². The molecule has 0 aromatic heterocycles. The summed E-state index contributed by atoms with van der Waals surface area (Å²) in [6, 6.07) is -0.662. The minimum Gasteiger partial charge on any atom is -0.326 e. The summed E-state index contributed by atoms with van der Waals surface area (Å²) in [6.07, 6.45) is 0. The van der Waals surface area contributed by atoms with Crippen LogP contribution in [0.2, 0.25) is 0 Å². The summed E-state index contributed by atoms with van der Waals surface area (Å²) in [4.78, 5) is 11.3. The summed E-state index contributed by atoms with van der Waals surface area (Å²) in [7, 11) is 0. The van der Waals surface area contributed by atoms with Crippen LogP contribution in [0.15, 0.2) is 0 Å². The Morgan fingerprint density at radius 2 is 1.82 bits per heavy atom. The monoisotopic (exact) mass is 159 g/mol. The molecule has 11 heavy (non-hydrogen) atoms. The van der Waals surface area contributed by atoms with E-state index in [0.717, 1.165) is 0 Å². The minimum absolute atomic E-state index is 0.0259. The van der Waals surface area contributed by atoms with E-state index in [2.05, 4.69) is 5.43 Å². The van der Waals surface area contributed by atoms with Gasteiger partial charge in [-0.25, -0.2) is 5.43 Å². The number of carbonyl (C=O) groups is 1. The lowest BCUT2D eigenvalue weighted by molar-refractivity contribution is -0.124. The van der Waals surface area contributed by atoms with Gasteiger partial charge in [0.25, 0.3) is 0 Å². The van der Waals surface area contributed by atoms with Gasteiger partial charge in [0.1, 0.15) is 0 Å². The third-order valence-corrected chi connectivity index (χ3v) is 1.58. The van der Waals surface area contributed by atoms with Crippen LogP contribution in [-0.4, -0.2) is 17.9 Å². The highest BCUT2D eigenvalue weighted by atomic mass is 16.1. The summed E-state index contributed by atoms with van der Waals surface area (Å²) in [5, 5.41) is 0. The lowest BCUT2D eigenvalue weighted by atomic mass is 9.98. The minimum atomic E-state index is -0.421. The molecule has 0 aliphatic carbocycles. The van der Waals surface area contributed by atoms with Crippen LogP contribution in [0.5, 0.6) is 0 Å². The fourth-order valence-corrected chi connectivity index (χ4v) is 0.852. The molecule has 0 aliphatic rings. The summed E-state index contributed by atoms with van der Waals surface area (Å²) in [5.41, 5.74) is 7.93. The van der Waals surface area contributed by atoms with E-state index in [1.807, 2.05) is 13.8 Å². The van der Waals surface area contributed by atoms with Crippen LogP contribution in [0.1, 0.15) is 20.8 Å². The van der Waals surface area contributed by atoms with Crippen LogP contribution in [0.3, 0.4) is 0 Å². The molecule has 0 radical (unpaired) electrons. The van der Waals surface area contributed by atoms with Gasteiger partial charge in [0.05, 0.1) is 6.04 Å². The molecule has 2 unspecified atom stereocenters. The van der Waals surface area contributed by atoms with E-state index < -0.39 is 6.04 Å². The molecule has 0 saturated heterocycles. The van der Waals surface area contributed by atoms with Gasteiger partial charge in [0, 0.05) is 12.0 Å². The Morgan fingerprint density at radius 1 is 1.36 bits per heavy atom. The van der Waals surface area contributed by atoms with E-state index in [9.17, 15) is 4.79 Å². The number of ketones is 1. The lowest BCUT2D eigenvalue weighted by Gasteiger charge is -2.19. The molecule has 4 nitrogen and oxygen atoms in total. The van der Waals surface area contributed by atoms with Gasteiger partial charge in [-0.15, -0.1) is 0 Å². The summed E-state index contributed by atoms with van der Waals surface area (Å²) in [6.45, 7) is 5.41. The van der Waals surface area contributed by atoms with E-state index >= 15 is 0 Å². The van der Waals surface area contributed by atoms with Gasteiger partial charge < -0.3 is 5.73 Å². The number of hydrogen-bond donors (Lipinski definition) is 3. The Morgan fingerprint density at radius 3 is 1.91 bits per heavy atom. The summed E-state index contributed by atoms with van der Waals surface area (Å²) < 4.78 is 0. The molecule has 0 heterocycles. The highest BCUT2D eigenvalue weighted by molar-refractivity contribution is 5.86. The predicted molar refractivity (Wildman–Crippen MR) is 44.6 cm³/mol. The third-order valence-electron chi connectivity index (χ3n) is 1.58. The molecule has 5 N–H and O–H groups in total. The molecule has 0 aromatic carbocycles. The van der Waals surface area contributed by atoms with Crippen LogP contribution in [0, 0.1) is 5.92 Å². The molecular formula is C7H17N3O. The number of nitrogens with two attached hydrogens (primary N) is 2. The Hall–Kier alpha value is -0.450. The molecule has 0 bridgehead atoms. The van der Waals surface area contributed by atoms with Gasteiger partial charge in [-0.3, -0.25) is 10.6 Å². The fraction of sp³-hybridized carbons (Fsp3) is 0.857. The maximum atomic E-state index is 11.3. The second-order valence-corrected chi connectivity index (χ2v) is 3.06. The average Bonchev–Trinajstić information content (AvgIpc) is 1.88. The van der Waals surface area contributed by atoms with Crippen molar-refractivity contribution in [3.8, 4) is 0 Å². The second kappa shape index (κ2) is 4.43.